The molecule has 24 heavy (non-hydrogen) atoms. The van der Waals surface area contributed by atoms with E-state index in [9.17, 15) is 18.9 Å². The summed E-state index contributed by atoms with van der Waals surface area (Å²) in [5.41, 5.74) is 4.19. The molecule has 0 unspecified atom stereocenters. The van der Waals surface area contributed by atoms with Crippen LogP contribution in [0.3, 0.4) is 0 Å². The molecule has 0 saturated heterocycles. The van der Waals surface area contributed by atoms with E-state index in [1.807, 2.05) is 6.92 Å². The Balaban J connectivity index is 2.19. The van der Waals surface area contributed by atoms with Crippen molar-refractivity contribution >= 4 is 17.1 Å². The summed E-state index contributed by atoms with van der Waals surface area (Å²) in [5, 5.41) is 15.2. The van der Waals surface area contributed by atoms with Crippen LogP contribution >= 0.6 is 0 Å². The first-order valence-electron chi connectivity index (χ1n) is 7.12. The Labute approximate surface area is 136 Å². The molecule has 0 atom stereocenters. The van der Waals surface area contributed by atoms with Gasteiger partial charge in [-0.3, -0.25) is 15.5 Å². The number of rotatable bonds is 7. The predicted molar refractivity (Wildman–Crippen MR) is 86.6 cm³/mol. The summed E-state index contributed by atoms with van der Waals surface area (Å²) in [7, 11) is 0. The van der Waals surface area contributed by atoms with Crippen LogP contribution in [0.25, 0.3) is 0 Å². The number of nitro groups is 1. The summed E-state index contributed by atoms with van der Waals surface area (Å²) < 4.78 is 28.6. The van der Waals surface area contributed by atoms with Gasteiger partial charge in [-0.05, 0) is 42.3 Å². The molecule has 0 radical (unpaired) electrons. The maximum absolute atomic E-state index is 12.1. The van der Waals surface area contributed by atoms with Crippen molar-refractivity contribution in [2.24, 2.45) is 5.10 Å². The third-order valence-electron chi connectivity index (χ3n) is 3.16. The van der Waals surface area contributed by atoms with Crippen LogP contribution in [0.5, 0.6) is 5.75 Å². The van der Waals surface area contributed by atoms with Gasteiger partial charge in [0.25, 0.3) is 5.69 Å². The maximum Gasteiger partial charge on any atom is 0.387 e. The molecule has 0 aromatic heterocycles. The fourth-order valence-corrected chi connectivity index (χ4v) is 2.03. The lowest BCUT2D eigenvalue weighted by Gasteiger charge is -2.08. The van der Waals surface area contributed by atoms with Crippen molar-refractivity contribution in [3.8, 4) is 5.75 Å². The molecule has 0 saturated carbocycles. The van der Waals surface area contributed by atoms with Crippen LogP contribution in [0.2, 0.25) is 0 Å². The standard InChI is InChI=1S/C16H15F2N3O3/c1-2-13(11-7-9-12(10-8-11)24-16(17)18)19-20-14-5-3-4-6-15(14)21(22)23/h3-10,16,20H,2H2,1H3/b19-13-. The van der Waals surface area contributed by atoms with Gasteiger partial charge in [0, 0.05) is 6.07 Å². The van der Waals surface area contributed by atoms with E-state index in [1.54, 1.807) is 30.3 Å². The van der Waals surface area contributed by atoms with Crippen LogP contribution in [0.4, 0.5) is 20.2 Å². The molecule has 8 heteroatoms. The minimum Gasteiger partial charge on any atom is -0.435 e. The van der Waals surface area contributed by atoms with Crippen LogP contribution < -0.4 is 10.2 Å². The highest BCUT2D eigenvalue weighted by Gasteiger charge is 2.12. The number of para-hydroxylation sites is 2. The average molecular weight is 335 g/mol. The van der Waals surface area contributed by atoms with Crippen molar-refractivity contribution in [1.82, 2.24) is 0 Å². The van der Waals surface area contributed by atoms with Gasteiger partial charge in [0.15, 0.2) is 0 Å². The van der Waals surface area contributed by atoms with Crippen LogP contribution in [-0.2, 0) is 0 Å². The number of hydrogen-bond donors (Lipinski definition) is 1. The van der Waals surface area contributed by atoms with E-state index in [0.717, 1.165) is 0 Å². The molecular weight excluding hydrogens is 320 g/mol. The Morgan fingerprint density at radius 3 is 2.50 bits per heavy atom. The summed E-state index contributed by atoms with van der Waals surface area (Å²) in [6.45, 7) is -1.01. The predicted octanol–water partition coefficient (Wildman–Crippen LogP) is 4.42. The summed E-state index contributed by atoms with van der Waals surface area (Å²) in [5.74, 6) is 0.0517. The molecule has 0 spiro atoms. The fraction of sp³-hybridized carbons (Fsp3) is 0.188. The molecule has 0 heterocycles. The molecule has 0 fully saturated rings. The second-order valence-corrected chi connectivity index (χ2v) is 4.70. The maximum atomic E-state index is 12.1. The van der Waals surface area contributed by atoms with Crippen LogP contribution in [-0.4, -0.2) is 17.2 Å². The number of benzene rings is 2. The highest BCUT2D eigenvalue weighted by atomic mass is 19.3. The van der Waals surface area contributed by atoms with E-state index in [-0.39, 0.29) is 17.1 Å². The summed E-state index contributed by atoms with van der Waals surface area (Å²) in [6, 6.07) is 12.2. The summed E-state index contributed by atoms with van der Waals surface area (Å²) >= 11 is 0. The second kappa shape index (κ2) is 8.00. The number of nitrogens with zero attached hydrogens (tertiary/aromatic N) is 2. The Hall–Kier alpha value is -3.03. The Kier molecular flexibility index (Phi) is 5.78. The monoisotopic (exact) mass is 335 g/mol. The van der Waals surface area contributed by atoms with E-state index in [2.05, 4.69) is 15.3 Å². The lowest BCUT2D eigenvalue weighted by atomic mass is 10.1. The number of hydrazone groups is 1. The molecule has 0 aliphatic rings. The van der Waals surface area contributed by atoms with Crippen LogP contribution in [0.1, 0.15) is 18.9 Å². The number of alkyl halides is 2. The molecule has 0 aliphatic heterocycles. The smallest absolute Gasteiger partial charge is 0.387 e. The van der Waals surface area contributed by atoms with Gasteiger partial charge < -0.3 is 4.74 Å². The molecule has 1 N–H and O–H groups in total. The first kappa shape index (κ1) is 17.3. The Morgan fingerprint density at radius 2 is 1.92 bits per heavy atom. The molecule has 2 rings (SSSR count). The molecule has 126 valence electrons. The van der Waals surface area contributed by atoms with E-state index >= 15 is 0 Å². The number of hydrogen-bond acceptors (Lipinski definition) is 5. The van der Waals surface area contributed by atoms with Gasteiger partial charge in [-0.1, -0.05) is 19.1 Å². The highest BCUT2D eigenvalue weighted by molar-refractivity contribution is 6.00. The summed E-state index contributed by atoms with van der Waals surface area (Å²) in [4.78, 5) is 10.5. The van der Waals surface area contributed by atoms with Crippen molar-refractivity contribution in [2.75, 3.05) is 5.43 Å². The molecule has 2 aromatic carbocycles. The zero-order valence-electron chi connectivity index (χ0n) is 12.8. The van der Waals surface area contributed by atoms with Crippen LogP contribution in [0.15, 0.2) is 53.6 Å². The van der Waals surface area contributed by atoms with E-state index < -0.39 is 11.5 Å². The molecule has 0 aliphatic carbocycles. The number of nitrogens with one attached hydrogen (secondary N) is 1. The van der Waals surface area contributed by atoms with Gasteiger partial charge in [-0.25, -0.2) is 0 Å². The van der Waals surface area contributed by atoms with E-state index in [4.69, 9.17) is 0 Å². The third-order valence-corrected chi connectivity index (χ3v) is 3.16. The lowest BCUT2D eigenvalue weighted by Crippen LogP contribution is -2.05. The third kappa shape index (κ3) is 4.48. The summed E-state index contributed by atoms with van der Waals surface area (Å²) in [6.07, 6.45) is 0.544. The normalized spacial score (nSPS) is 11.4. The number of nitro benzene ring substituents is 1. The first-order chi connectivity index (χ1) is 11.5. The van der Waals surface area contributed by atoms with Gasteiger partial charge in [-0.15, -0.1) is 0 Å². The van der Waals surface area contributed by atoms with Crippen molar-refractivity contribution in [2.45, 2.75) is 20.0 Å². The van der Waals surface area contributed by atoms with Gasteiger partial charge in [0.1, 0.15) is 11.4 Å². The molecule has 0 amide bonds. The first-order valence-corrected chi connectivity index (χ1v) is 7.12. The zero-order chi connectivity index (χ0) is 17.5. The van der Waals surface area contributed by atoms with Gasteiger partial charge >= 0.3 is 6.61 Å². The van der Waals surface area contributed by atoms with Gasteiger partial charge in [0.2, 0.25) is 0 Å². The van der Waals surface area contributed by atoms with E-state index in [1.165, 1.54) is 18.2 Å². The number of ether oxygens (including phenoxy) is 1. The quantitative estimate of drug-likeness (QED) is 0.461. The molecule has 2 aromatic rings. The minimum absolute atomic E-state index is 0.0517. The average Bonchev–Trinajstić information content (AvgIpc) is 2.56. The van der Waals surface area contributed by atoms with Crippen molar-refractivity contribution in [3.63, 3.8) is 0 Å². The second-order valence-electron chi connectivity index (χ2n) is 4.70. The Morgan fingerprint density at radius 1 is 1.25 bits per heavy atom. The zero-order valence-corrected chi connectivity index (χ0v) is 12.8. The van der Waals surface area contributed by atoms with Gasteiger partial charge in [0.05, 0.1) is 10.6 Å². The largest absolute Gasteiger partial charge is 0.435 e. The Bertz CT molecular complexity index is 734. The van der Waals surface area contributed by atoms with Crippen molar-refractivity contribution in [3.05, 3.63) is 64.2 Å². The van der Waals surface area contributed by atoms with Gasteiger partial charge in [-0.2, -0.15) is 13.9 Å². The minimum atomic E-state index is -2.88. The topological polar surface area (TPSA) is 76.8 Å². The SMILES string of the molecule is CC/C(=N/Nc1ccccc1[N+](=O)[O-])c1ccc(OC(F)F)cc1. The lowest BCUT2D eigenvalue weighted by molar-refractivity contribution is -0.384. The highest BCUT2D eigenvalue weighted by Crippen LogP contribution is 2.23. The van der Waals surface area contributed by atoms with Crippen molar-refractivity contribution < 1.29 is 18.4 Å². The molecular formula is C16H15F2N3O3. The van der Waals surface area contributed by atoms with Crippen molar-refractivity contribution in [1.29, 1.82) is 0 Å². The van der Waals surface area contributed by atoms with Crippen LogP contribution in [0, 0.1) is 10.1 Å². The number of anilines is 1. The fourth-order valence-electron chi connectivity index (χ4n) is 2.03. The number of halogens is 2. The molecule has 6 nitrogen and oxygen atoms in total. The van der Waals surface area contributed by atoms with E-state index in [0.29, 0.717) is 17.7 Å². The molecule has 0 bridgehead atoms.